The standard InChI is InChI=1S/C24H28N2O4S/c1-4-6-13-30-22-12-11-18(28-3)15-20(22)26-23(27)14-17-16-31-24(25-17)19-9-7-8-10-21(19)29-5-2/h7-12,15-16H,4-6,13-14H2,1-3H3,(H,26,27). The van der Waals surface area contributed by atoms with Gasteiger partial charge in [0.2, 0.25) is 5.91 Å². The average molecular weight is 441 g/mol. The van der Waals surface area contributed by atoms with Gasteiger partial charge in [0.25, 0.3) is 0 Å². The number of carbonyl (C=O) groups excluding carboxylic acids is 1. The van der Waals surface area contributed by atoms with E-state index in [0.717, 1.165) is 29.2 Å². The molecular weight excluding hydrogens is 412 g/mol. The van der Waals surface area contributed by atoms with Gasteiger partial charge in [0.05, 0.1) is 43.7 Å². The first-order valence-electron chi connectivity index (χ1n) is 10.4. The van der Waals surface area contributed by atoms with Crippen molar-refractivity contribution in [3.05, 3.63) is 53.5 Å². The molecule has 3 rings (SSSR count). The Bertz CT molecular complexity index is 1000. The lowest BCUT2D eigenvalue weighted by Crippen LogP contribution is -2.15. The Morgan fingerprint density at radius 3 is 2.71 bits per heavy atom. The summed E-state index contributed by atoms with van der Waals surface area (Å²) in [5.74, 6) is 1.91. The molecule has 1 amide bonds. The topological polar surface area (TPSA) is 69.7 Å². The zero-order valence-electron chi connectivity index (χ0n) is 18.1. The van der Waals surface area contributed by atoms with Crippen molar-refractivity contribution in [3.63, 3.8) is 0 Å². The maximum atomic E-state index is 12.7. The number of carbonyl (C=O) groups is 1. The SMILES string of the molecule is CCCCOc1ccc(OC)cc1NC(=O)Cc1csc(-c2ccccc2OCC)n1. The Hall–Kier alpha value is -3.06. The van der Waals surface area contributed by atoms with Crippen LogP contribution in [0.3, 0.4) is 0 Å². The molecule has 0 aliphatic rings. The molecule has 0 aliphatic carbocycles. The summed E-state index contributed by atoms with van der Waals surface area (Å²) >= 11 is 1.50. The van der Waals surface area contributed by atoms with Crippen molar-refractivity contribution < 1.29 is 19.0 Å². The van der Waals surface area contributed by atoms with Crippen molar-refractivity contribution in [2.24, 2.45) is 0 Å². The van der Waals surface area contributed by atoms with Gasteiger partial charge in [-0.1, -0.05) is 25.5 Å². The van der Waals surface area contributed by atoms with Crippen molar-refractivity contribution in [1.82, 2.24) is 4.98 Å². The number of aromatic nitrogens is 1. The zero-order chi connectivity index (χ0) is 22.1. The van der Waals surface area contributed by atoms with Crippen LogP contribution in [-0.2, 0) is 11.2 Å². The fourth-order valence-corrected chi connectivity index (χ4v) is 3.83. The quantitative estimate of drug-likeness (QED) is 0.394. The first-order valence-corrected chi connectivity index (χ1v) is 11.3. The van der Waals surface area contributed by atoms with Crippen LogP contribution in [0.2, 0.25) is 0 Å². The van der Waals surface area contributed by atoms with Crippen molar-refractivity contribution in [2.45, 2.75) is 33.1 Å². The molecule has 0 fully saturated rings. The summed E-state index contributed by atoms with van der Waals surface area (Å²) in [6.07, 6.45) is 2.15. The Morgan fingerprint density at radius 2 is 1.94 bits per heavy atom. The molecule has 0 radical (unpaired) electrons. The first kappa shape index (κ1) is 22.6. The van der Waals surface area contributed by atoms with Crippen LogP contribution >= 0.6 is 11.3 Å². The number of para-hydroxylation sites is 1. The molecule has 0 spiro atoms. The highest BCUT2D eigenvalue weighted by atomic mass is 32.1. The lowest BCUT2D eigenvalue weighted by molar-refractivity contribution is -0.115. The molecular formula is C24H28N2O4S. The van der Waals surface area contributed by atoms with E-state index in [-0.39, 0.29) is 12.3 Å². The molecule has 0 aliphatic heterocycles. The molecule has 1 heterocycles. The summed E-state index contributed by atoms with van der Waals surface area (Å²) in [6, 6.07) is 13.2. The van der Waals surface area contributed by atoms with E-state index in [4.69, 9.17) is 14.2 Å². The summed E-state index contributed by atoms with van der Waals surface area (Å²) in [7, 11) is 1.59. The molecule has 6 nitrogen and oxygen atoms in total. The number of nitrogens with zero attached hydrogens (tertiary/aromatic N) is 1. The van der Waals surface area contributed by atoms with Crippen LogP contribution in [0.15, 0.2) is 47.8 Å². The van der Waals surface area contributed by atoms with Crippen LogP contribution in [0.4, 0.5) is 5.69 Å². The number of ether oxygens (including phenoxy) is 3. The van der Waals surface area contributed by atoms with E-state index in [9.17, 15) is 4.79 Å². The number of thiazole rings is 1. The first-order chi connectivity index (χ1) is 15.1. The van der Waals surface area contributed by atoms with Gasteiger partial charge in [-0.05, 0) is 37.6 Å². The summed E-state index contributed by atoms with van der Waals surface area (Å²) < 4.78 is 16.8. The van der Waals surface area contributed by atoms with Gasteiger partial charge in [-0.3, -0.25) is 4.79 Å². The lowest BCUT2D eigenvalue weighted by atomic mass is 10.2. The number of nitrogens with one attached hydrogen (secondary N) is 1. The minimum absolute atomic E-state index is 0.163. The van der Waals surface area contributed by atoms with E-state index in [2.05, 4.69) is 17.2 Å². The number of unbranched alkanes of at least 4 members (excludes halogenated alkanes) is 1. The lowest BCUT2D eigenvalue weighted by Gasteiger charge is -2.13. The molecule has 164 valence electrons. The fourth-order valence-electron chi connectivity index (χ4n) is 2.98. The molecule has 1 aromatic heterocycles. The summed E-state index contributed by atoms with van der Waals surface area (Å²) in [4.78, 5) is 17.4. The van der Waals surface area contributed by atoms with Crippen molar-refractivity contribution in [3.8, 4) is 27.8 Å². The maximum absolute atomic E-state index is 12.7. The molecule has 1 N–H and O–H groups in total. The number of hydrogen-bond donors (Lipinski definition) is 1. The van der Waals surface area contributed by atoms with Gasteiger partial charge >= 0.3 is 0 Å². The third kappa shape index (κ3) is 6.21. The third-order valence-electron chi connectivity index (χ3n) is 4.53. The van der Waals surface area contributed by atoms with Crippen LogP contribution in [-0.4, -0.2) is 31.2 Å². The van der Waals surface area contributed by atoms with Gasteiger partial charge in [0.15, 0.2) is 0 Å². The number of amides is 1. The highest BCUT2D eigenvalue weighted by molar-refractivity contribution is 7.13. The molecule has 0 bridgehead atoms. The van der Waals surface area contributed by atoms with Crippen LogP contribution < -0.4 is 19.5 Å². The molecule has 7 heteroatoms. The molecule has 3 aromatic rings. The Labute approximate surface area is 187 Å². The number of methoxy groups -OCH3 is 1. The molecule has 0 saturated carbocycles. The van der Waals surface area contributed by atoms with Gasteiger partial charge in [-0.15, -0.1) is 11.3 Å². The van der Waals surface area contributed by atoms with Gasteiger partial charge in [-0.25, -0.2) is 4.98 Å². The van der Waals surface area contributed by atoms with Gasteiger partial charge in [-0.2, -0.15) is 0 Å². The predicted octanol–water partition coefficient (Wildman–Crippen LogP) is 5.58. The van der Waals surface area contributed by atoms with Crippen LogP contribution in [0.25, 0.3) is 10.6 Å². The Morgan fingerprint density at radius 1 is 1.10 bits per heavy atom. The maximum Gasteiger partial charge on any atom is 0.230 e. The van der Waals surface area contributed by atoms with Crippen molar-refractivity contribution in [1.29, 1.82) is 0 Å². The van der Waals surface area contributed by atoms with Gasteiger partial charge < -0.3 is 19.5 Å². The molecule has 0 unspecified atom stereocenters. The van der Waals surface area contributed by atoms with Gasteiger partial charge in [0.1, 0.15) is 22.3 Å². The summed E-state index contributed by atoms with van der Waals surface area (Å²) in [5, 5.41) is 5.67. The second-order valence-electron chi connectivity index (χ2n) is 6.86. The Kier molecular flexibility index (Phi) is 8.29. The van der Waals surface area contributed by atoms with E-state index < -0.39 is 0 Å². The van der Waals surface area contributed by atoms with E-state index in [0.29, 0.717) is 36.1 Å². The average Bonchev–Trinajstić information content (AvgIpc) is 3.23. The van der Waals surface area contributed by atoms with E-state index >= 15 is 0 Å². The predicted molar refractivity (Wildman–Crippen MR) is 124 cm³/mol. The zero-order valence-corrected chi connectivity index (χ0v) is 19.0. The van der Waals surface area contributed by atoms with Crippen LogP contribution in [0, 0.1) is 0 Å². The Balaban J connectivity index is 1.71. The molecule has 31 heavy (non-hydrogen) atoms. The minimum atomic E-state index is -0.163. The number of hydrogen-bond acceptors (Lipinski definition) is 6. The smallest absolute Gasteiger partial charge is 0.230 e. The monoisotopic (exact) mass is 440 g/mol. The number of anilines is 1. The van der Waals surface area contributed by atoms with Gasteiger partial charge in [0, 0.05) is 11.4 Å². The van der Waals surface area contributed by atoms with Crippen LogP contribution in [0.1, 0.15) is 32.4 Å². The van der Waals surface area contributed by atoms with E-state index in [1.54, 1.807) is 13.2 Å². The van der Waals surface area contributed by atoms with E-state index in [1.165, 1.54) is 11.3 Å². The summed E-state index contributed by atoms with van der Waals surface area (Å²) in [6.45, 7) is 5.24. The van der Waals surface area contributed by atoms with Crippen LogP contribution in [0.5, 0.6) is 17.2 Å². The normalized spacial score (nSPS) is 10.5. The number of benzene rings is 2. The molecule has 0 saturated heterocycles. The molecule has 0 atom stereocenters. The summed E-state index contributed by atoms with van der Waals surface area (Å²) in [5.41, 5.74) is 2.23. The fraction of sp³-hybridized carbons (Fsp3) is 0.333. The van der Waals surface area contributed by atoms with Crippen molar-refractivity contribution >= 4 is 22.9 Å². The third-order valence-corrected chi connectivity index (χ3v) is 5.45. The highest BCUT2D eigenvalue weighted by Crippen LogP contribution is 2.33. The largest absolute Gasteiger partial charge is 0.497 e. The van der Waals surface area contributed by atoms with Crippen molar-refractivity contribution in [2.75, 3.05) is 25.6 Å². The molecule has 2 aromatic carbocycles. The second-order valence-corrected chi connectivity index (χ2v) is 7.72. The minimum Gasteiger partial charge on any atom is -0.497 e. The second kappa shape index (κ2) is 11.4. The number of rotatable bonds is 11. The highest BCUT2D eigenvalue weighted by Gasteiger charge is 2.14. The van der Waals surface area contributed by atoms with E-state index in [1.807, 2.05) is 48.7 Å².